The van der Waals surface area contributed by atoms with Crippen molar-refractivity contribution >= 4 is 17.9 Å². The van der Waals surface area contributed by atoms with Gasteiger partial charge < -0.3 is 26.4 Å². The van der Waals surface area contributed by atoms with Crippen molar-refractivity contribution in [2.45, 2.75) is 12.6 Å². The number of ether oxygens (including phenoxy) is 1. The van der Waals surface area contributed by atoms with Crippen molar-refractivity contribution in [1.29, 1.82) is 0 Å². The van der Waals surface area contributed by atoms with E-state index in [0.717, 1.165) is 29.8 Å². The van der Waals surface area contributed by atoms with Crippen LogP contribution in [0.3, 0.4) is 0 Å². The van der Waals surface area contributed by atoms with Gasteiger partial charge in [0.2, 0.25) is 5.95 Å². The fourth-order valence-electron chi connectivity index (χ4n) is 2.58. The van der Waals surface area contributed by atoms with E-state index in [0.29, 0.717) is 12.5 Å². The monoisotopic (exact) mass is 355 g/mol. The van der Waals surface area contributed by atoms with E-state index in [9.17, 15) is 4.79 Å². The summed E-state index contributed by atoms with van der Waals surface area (Å²) in [5, 5.41) is 2.62. The number of benzene rings is 1. The van der Waals surface area contributed by atoms with Crippen LogP contribution < -0.4 is 21.7 Å². The number of guanidine groups is 1. The zero-order valence-corrected chi connectivity index (χ0v) is 14.4. The summed E-state index contributed by atoms with van der Waals surface area (Å²) < 4.78 is 5.26. The first-order valence-corrected chi connectivity index (χ1v) is 8.11. The number of aromatic nitrogens is 2. The second-order valence-corrected chi connectivity index (χ2v) is 5.93. The molecule has 2 heterocycles. The number of anilines is 1. The maximum Gasteiger partial charge on any atom is 0.344 e. The van der Waals surface area contributed by atoms with E-state index in [-0.39, 0.29) is 12.1 Å². The van der Waals surface area contributed by atoms with E-state index in [2.05, 4.69) is 25.2 Å². The molecule has 9 nitrogen and oxygen atoms in total. The quantitative estimate of drug-likeness (QED) is 0.524. The molecule has 0 unspecified atom stereocenters. The van der Waals surface area contributed by atoms with Crippen LogP contribution >= 0.6 is 0 Å². The van der Waals surface area contributed by atoms with Crippen molar-refractivity contribution in [3.63, 3.8) is 0 Å². The molecule has 2 amide bonds. The highest BCUT2D eigenvalue weighted by atomic mass is 16.5. The van der Waals surface area contributed by atoms with Crippen molar-refractivity contribution in [3.8, 4) is 11.1 Å². The van der Waals surface area contributed by atoms with Gasteiger partial charge in [-0.15, -0.1) is 0 Å². The predicted molar refractivity (Wildman–Crippen MR) is 98.5 cm³/mol. The molecule has 26 heavy (non-hydrogen) atoms. The average Bonchev–Trinajstić information content (AvgIpc) is 2.59. The fraction of sp³-hybridized carbons (Fsp3) is 0.294. The van der Waals surface area contributed by atoms with Crippen LogP contribution in [-0.4, -0.2) is 48.3 Å². The number of nitrogens with two attached hydrogens (primary N) is 2. The molecule has 0 aliphatic carbocycles. The number of nitrogens with zero attached hydrogens (tertiary/aromatic N) is 4. The number of urea groups is 1. The fourth-order valence-corrected chi connectivity index (χ4v) is 2.58. The van der Waals surface area contributed by atoms with E-state index < -0.39 is 6.03 Å². The minimum Gasteiger partial charge on any atom is -0.378 e. The molecule has 0 spiro atoms. The molecule has 5 N–H and O–H groups in total. The molecule has 0 saturated carbocycles. The van der Waals surface area contributed by atoms with Crippen LogP contribution in [0.5, 0.6) is 0 Å². The van der Waals surface area contributed by atoms with Gasteiger partial charge in [-0.25, -0.2) is 14.8 Å². The molecular formula is C17H21N7O2. The number of nitrogens with one attached hydrogen (secondary N) is 1. The Hall–Kier alpha value is -3.20. The largest absolute Gasteiger partial charge is 0.378 e. The molecule has 1 aliphatic heterocycles. The first-order valence-electron chi connectivity index (χ1n) is 8.11. The number of hydrogen-bond donors (Lipinski definition) is 3. The lowest BCUT2D eigenvalue weighted by Gasteiger charge is -2.37. The van der Waals surface area contributed by atoms with Gasteiger partial charge in [-0.05, 0) is 17.2 Å². The Labute approximate surface area is 151 Å². The highest BCUT2D eigenvalue weighted by Gasteiger charge is 2.28. The summed E-state index contributed by atoms with van der Waals surface area (Å²) in [4.78, 5) is 25.8. The summed E-state index contributed by atoms with van der Waals surface area (Å²) >= 11 is 0. The summed E-state index contributed by atoms with van der Waals surface area (Å²) in [6.07, 6.45) is 3.84. The number of carbonyl (C=O) groups is 1. The average molecular weight is 355 g/mol. The first-order chi connectivity index (χ1) is 12.5. The maximum atomic E-state index is 11.5. The van der Waals surface area contributed by atoms with Crippen molar-refractivity contribution in [2.75, 3.05) is 25.1 Å². The van der Waals surface area contributed by atoms with Gasteiger partial charge in [0.05, 0.1) is 6.10 Å². The lowest BCUT2D eigenvalue weighted by Crippen LogP contribution is -2.52. The van der Waals surface area contributed by atoms with Crippen molar-refractivity contribution < 1.29 is 9.53 Å². The van der Waals surface area contributed by atoms with Crippen molar-refractivity contribution in [3.05, 3.63) is 42.2 Å². The zero-order valence-electron chi connectivity index (χ0n) is 14.4. The van der Waals surface area contributed by atoms with Crippen LogP contribution in [-0.2, 0) is 11.3 Å². The highest BCUT2D eigenvalue weighted by Crippen LogP contribution is 2.22. The number of methoxy groups -OCH3 is 1. The van der Waals surface area contributed by atoms with Crippen LogP contribution in [0.1, 0.15) is 5.56 Å². The second-order valence-electron chi connectivity index (χ2n) is 5.93. The van der Waals surface area contributed by atoms with Crippen LogP contribution in [0, 0.1) is 0 Å². The van der Waals surface area contributed by atoms with Gasteiger partial charge in [-0.1, -0.05) is 18.2 Å². The Bertz CT molecular complexity index is 797. The third kappa shape index (κ3) is 4.25. The Morgan fingerprint density at radius 1 is 1.31 bits per heavy atom. The van der Waals surface area contributed by atoms with E-state index in [4.69, 9.17) is 16.2 Å². The Morgan fingerprint density at radius 2 is 2.04 bits per heavy atom. The van der Waals surface area contributed by atoms with Gasteiger partial charge in [0.25, 0.3) is 0 Å². The SMILES string of the molecule is COC1CN(c2ncc(-c3cccc(CNC(=O)N=C(N)N)c3)cn2)C1. The topological polar surface area (TPSA) is 132 Å². The molecule has 1 fully saturated rings. The molecule has 0 bridgehead atoms. The van der Waals surface area contributed by atoms with Gasteiger partial charge in [0.15, 0.2) is 5.96 Å². The number of amides is 2. The second kappa shape index (κ2) is 7.79. The van der Waals surface area contributed by atoms with Crippen LogP contribution in [0.15, 0.2) is 41.7 Å². The number of aliphatic imine (C=N–C) groups is 1. The zero-order chi connectivity index (χ0) is 18.5. The summed E-state index contributed by atoms with van der Waals surface area (Å²) in [5.41, 5.74) is 13.1. The van der Waals surface area contributed by atoms with Crippen molar-refractivity contribution in [1.82, 2.24) is 15.3 Å². The van der Waals surface area contributed by atoms with E-state index in [1.165, 1.54) is 0 Å². The lowest BCUT2D eigenvalue weighted by molar-refractivity contribution is 0.0778. The van der Waals surface area contributed by atoms with Gasteiger partial charge in [-0.3, -0.25) is 0 Å². The normalized spacial score (nSPS) is 13.8. The summed E-state index contributed by atoms with van der Waals surface area (Å²) in [6, 6.07) is 7.15. The maximum absolute atomic E-state index is 11.5. The summed E-state index contributed by atoms with van der Waals surface area (Å²) in [6.45, 7) is 1.93. The minimum atomic E-state index is -0.577. The lowest BCUT2D eigenvalue weighted by atomic mass is 10.1. The highest BCUT2D eigenvalue weighted by molar-refractivity contribution is 5.90. The van der Waals surface area contributed by atoms with Gasteiger partial charge in [-0.2, -0.15) is 4.99 Å². The van der Waals surface area contributed by atoms with E-state index in [1.54, 1.807) is 19.5 Å². The molecule has 1 saturated heterocycles. The van der Waals surface area contributed by atoms with Crippen LogP contribution in [0.25, 0.3) is 11.1 Å². The van der Waals surface area contributed by atoms with Crippen molar-refractivity contribution in [2.24, 2.45) is 16.5 Å². The molecule has 0 atom stereocenters. The molecule has 136 valence electrons. The molecular weight excluding hydrogens is 334 g/mol. The summed E-state index contributed by atoms with van der Waals surface area (Å²) in [7, 11) is 1.71. The number of carbonyl (C=O) groups excluding carboxylic acids is 1. The Kier molecular flexibility index (Phi) is 5.28. The van der Waals surface area contributed by atoms with E-state index in [1.807, 2.05) is 24.3 Å². The minimum absolute atomic E-state index is 0.254. The smallest absolute Gasteiger partial charge is 0.344 e. The third-order valence-corrected chi connectivity index (χ3v) is 4.04. The number of rotatable bonds is 5. The Morgan fingerprint density at radius 3 is 2.69 bits per heavy atom. The molecule has 1 aromatic carbocycles. The molecule has 9 heteroatoms. The van der Waals surface area contributed by atoms with Gasteiger partial charge in [0, 0.05) is 44.7 Å². The third-order valence-electron chi connectivity index (χ3n) is 4.04. The first kappa shape index (κ1) is 17.6. The van der Waals surface area contributed by atoms with E-state index >= 15 is 0 Å². The standard InChI is InChI=1S/C17H21N7O2/c1-26-14-9-24(10-14)16-20-7-13(8-21-16)12-4-2-3-11(5-12)6-22-17(25)23-15(18)19/h2-5,7-8,14H,6,9-10H2,1H3,(H5,18,19,22,23,25). The molecule has 0 radical (unpaired) electrons. The molecule has 1 aromatic heterocycles. The molecule has 3 rings (SSSR count). The molecule has 1 aliphatic rings. The predicted octanol–water partition coefficient (Wildman–Crippen LogP) is 0.462. The van der Waals surface area contributed by atoms with Gasteiger partial charge in [0.1, 0.15) is 0 Å². The Balaban J connectivity index is 1.64. The van der Waals surface area contributed by atoms with Crippen LogP contribution in [0.4, 0.5) is 10.7 Å². The summed E-state index contributed by atoms with van der Waals surface area (Å²) in [5.74, 6) is 0.426. The van der Waals surface area contributed by atoms with Crippen LogP contribution in [0.2, 0.25) is 0 Å². The van der Waals surface area contributed by atoms with Gasteiger partial charge >= 0.3 is 6.03 Å². The molecule has 2 aromatic rings. The number of hydrogen-bond acceptors (Lipinski definition) is 5.